The molecule has 2 N–H and O–H groups in total. The molecule has 7 nitrogen and oxygen atoms in total. The van der Waals surface area contributed by atoms with Gasteiger partial charge < -0.3 is 24.7 Å². The van der Waals surface area contributed by atoms with Crippen molar-refractivity contribution in [2.45, 2.75) is 25.5 Å². The highest BCUT2D eigenvalue weighted by molar-refractivity contribution is 5.76. The average molecular weight is 272 g/mol. The molecule has 0 radical (unpaired) electrons. The molecule has 2 amide bonds. The molecule has 19 heavy (non-hydrogen) atoms. The number of aliphatic hydroxyl groups is 1. The molecule has 108 valence electrons. The van der Waals surface area contributed by atoms with Crippen molar-refractivity contribution in [2.75, 3.05) is 32.8 Å². The Bertz CT molecular complexity index is 356. The molecule has 0 saturated carbocycles. The highest BCUT2D eigenvalue weighted by atomic mass is 16.5. The third-order valence-corrected chi connectivity index (χ3v) is 3.65. The molecular formula is C12H20N2O5. The van der Waals surface area contributed by atoms with Gasteiger partial charge in [0.25, 0.3) is 0 Å². The van der Waals surface area contributed by atoms with Crippen molar-refractivity contribution in [3.8, 4) is 0 Å². The van der Waals surface area contributed by atoms with E-state index in [0.717, 1.165) is 0 Å². The summed E-state index contributed by atoms with van der Waals surface area (Å²) >= 11 is 0. The molecule has 0 bridgehead atoms. The predicted octanol–water partition coefficient (Wildman–Crippen LogP) is -0.405. The van der Waals surface area contributed by atoms with Crippen LogP contribution in [0.2, 0.25) is 0 Å². The number of carboxylic acids is 1. The summed E-state index contributed by atoms with van der Waals surface area (Å²) in [5.74, 6) is -0.761. The maximum Gasteiger partial charge on any atom is 0.320 e. The van der Waals surface area contributed by atoms with E-state index in [4.69, 9.17) is 14.9 Å². The Kier molecular flexibility index (Phi) is 4.26. The SMILES string of the molecule is CC1COC(CO)CN1C(=O)N1CC(CC(=O)O)C1. The Morgan fingerprint density at radius 1 is 1.32 bits per heavy atom. The van der Waals surface area contributed by atoms with E-state index in [9.17, 15) is 9.59 Å². The summed E-state index contributed by atoms with van der Waals surface area (Å²) in [6.07, 6.45) is -0.210. The van der Waals surface area contributed by atoms with Gasteiger partial charge in [-0.05, 0) is 6.92 Å². The number of likely N-dealkylation sites (tertiary alicyclic amines) is 1. The molecule has 2 aliphatic rings. The van der Waals surface area contributed by atoms with Crippen molar-refractivity contribution < 1.29 is 24.5 Å². The lowest BCUT2D eigenvalue weighted by atomic mass is 9.97. The Morgan fingerprint density at radius 2 is 2.00 bits per heavy atom. The van der Waals surface area contributed by atoms with E-state index in [1.165, 1.54) is 0 Å². The highest BCUT2D eigenvalue weighted by Gasteiger charge is 2.38. The Labute approximate surface area is 111 Å². The summed E-state index contributed by atoms with van der Waals surface area (Å²) in [5.41, 5.74) is 0. The number of rotatable bonds is 3. The molecular weight excluding hydrogens is 252 g/mol. The van der Waals surface area contributed by atoms with Crippen molar-refractivity contribution >= 4 is 12.0 Å². The number of urea groups is 1. The van der Waals surface area contributed by atoms with E-state index >= 15 is 0 Å². The first kappa shape index (κ1) is 14.1. The Morgan fingerprint density at radius 3 is 2.58 bits per heavy atom. The van der Waals surface area contributed by atoms with Crippen molar-refractivity contribution in [1.82, 2.24) is 9.80 Å². The number of aliphatic hydroxyl groups excluding tert-OH is 1. The van der Waals surface area contributed by atoms with Crippen LogP contribution >= 0.6 is 0 Å². The van der Waals surface area contributed by atoms with E-state index in [1.54, 1.807) is 9.80 Å². The molecule has 7 heteroatoms. The van der Waals surface area contributed by atoms with Gasteiger partial charge >= 0.3 is 12.0 Å². The van der Waals surface area contributed by atoms with E-state index in [-0.39, 0.29) is 37.1 Å². The minimum absolute atomic E-state index is 0.0196. The molecule has 2 fully saturated rings. The summed E-state index contributed by atoms with van der Waals surface area (Å²) in [7, 11) is 0. The predicted molar refractivity (Wildman–Crippen MR) is 65.7 cm³/mol. The number of amides is 2. The van der Waals surface area contributed by atoms with Crippen LogP contribution in [0, 0.1) is 5.92 Å². The molecule has 2 heterocycles. The third-order valence-electron chi connectivity index (χ3n) is 3.65. The maximum absolute atomic E-state index is 12.3. The van der Waals surface area contributed by atoms with Crippen molar-refractivity contribution in [1.29, 1.82) is 0 Å². The van der Waals surface area contributed by atoms with Crippen LogP contribution in [-0.2, 0) is 9.53 Å². The van der Waals surface area contributed by atoms with E-state index in [2.05, 4.69) is 0 Å². The summed E-state index contributed by atoms with van der Waals surface area (Å²) in [6.45, 7) is 3.61. The second kappa shape index (κ2) is 5.75. The molecule has 0 aromatic rings. The topological polar surface area (TPSA) is 90.3 Å². The van der Waals surface area contributed by atoms with Gasteiger partial charge in [-0.3, -0.25) is 4.79 Å². The van der Waals surface area contributed by atoms with Gasteiger partial charge in [-0.2, -0.15) is 0 Å². The van der Waals surface area contributed by atoms with Gasteiger partial charge in [-0.1, -0.05) is 0 Å². The van der Waals surface area contributed by atoms with Gasteiger partial charge in [0.2, 0.25) is 0 Å². The van der Waals surface area contributed by atoms with Crippen LogP contribution in [0.15, 0.2) is 0 Å². The minimum atomic E-state index is -0.822. The van der Waals surface area contributed by atoms with Gasteiger partial charge in [0.15, 0.2) is 0 Å². The molecule has 0 aromatic heterocycles. The summed E-state index contributed by atoms with van der Waals surface area (Å²) in [5, 5.41) is 17.8. The van der Waals surface area contributed by atoms with E-state index < -0.39 is 5.97 Å². The molecule has 2 rings (SSSR count). The van der Waals surface area contributed by atoms with Crippen LogP contribution in [0.25, 0.3) is 0 Å². The number of nitrogens with zero attached hydrogens (tertiary/aromatic N) is 2. The second-order valence-corrected chi connectivity index (χ2v) is 5.29. The zero-order valence-corrected chi connectivity index (χ0v) is 11.0. The fourth-order valence-electron chi connectivity index (χ4n) is 2.48. The number of carbonyl (C=O) groups excluding carboxylic acids is 1. The number of morpholine rings is 1. The van der Waals surface area contributed by atoms with Crippen molar-refractivity contribution in [3.05, 3.63) is 0 Å². The lowest BCUT2D eigenvalue weighted by Crippen LogP contribution is -2.60. The maximum atomic E-state index is 12.3. The lowest BCUT2D eigenvalue weighted by Gasteiger charge is -2.45. The van der Waals surface area contributed by atoms with Crippen molar-refractivity contribution in [3.63, 3.8) is 0 Å². The Balaban J connectivity index is 1.84. The minimum Gasteiger partial charge on any atom is -0.481 e. The quantitative estimate of drug-likeness (QED) is 0.729. The van der Waals surface area contributed by atoms with Gasteiger partial charge in [0, 0.05) is 19.0 Å². The number of hydrogen-bond donors (Lipinski definition) is 2. The number of carboxylic acid groups (broad SMARTS) is 1. The molecule has 0 aliphatic carbocycles. The van der Waals surface area contributed by atoms with Gasteiger partial charge in [-0.25, -0.2) is 4.79 Å². The first-order valence-corrected chi connectivity index (χ1v) is 6.51. The van der Waals surface area contributed by atoms with Crippen LogP contribution in [-0.4, -0.2) is 77.0 Å². The zero-order chi connectivity index (χ0) is 14.0. The fourth-order valence-corrected chi connectivity index (χ4v) is 2.48. The molecule has 2 saturated heterocycles. The smallest absolute Gasteiger partial charge is 0.320 e. The number of carbonyl (C=O) groups is 2. The van der Waals surface area contributed by atoms with Gasteiger partial charge in [0.1, 0.15) is 0 Å². The zero-order valence-electron chi connectivity index (χ0n) is 11.0. The highest BCUT2D eigenvalue weighted by Crippen LogP contribution is 2.23. The van der Waals surface area contributed by atoms with Gasteiger partial charge in [-0.15, -0.1) is 0 Å². The number of ether oxygens (including phenoxy) is 1. The lowest BCUT2D eigenvalue weighted by molar-refractivity contribution is -0.139. The monoisotopic (exact) mass is 272 g/mol. The first-order chi connectivity index (χ1) is 9.01. The molecule has 2 atom stereocenters. The Hall–Kier alpha value is -1.34. The summed E-state index contributed by atoms with van der Waals surface area (Å²) in [4.78, 5) is 26.2. The number of aliphatic carboxylic acids is 1. The third kappa shape index (κ3) is 3.16. The first-order valence-electron chi connectivity index (χ1n) is 6.51. The van der Waals surface area contributed by atoms with E-state index in [0.29, 0.717) is 26.2 Å². The standard InChI is InChI=1S/C12H20N2O5/c1-8-7-19-10(6-15)5-14(8)12(18)13-3-9(4-13)2-11(16)17/h8-10,15H,2-7H2,1H3,(H,16,17). The van der Waals surface area contributed by atoms with Crippen LogP contribution < -0.4 is 0 Å². The number of hydrogen-bond acceptors (Lipinski definition) is 4. The second-order valence-electron chi connectivity index (χ2n) is 5.29. The normalized spacial score (nSPS) is 28.1. The molecule has 0 aromatic carbocycles. The van der Waals surface area contributed by atoms with Gasteiger partial charge in [0.05, 0.1) is 38.3 Å². The average Bonchev–Trinajstić information content (AvgIpc) is 2.33. The summed E-state index contributed by atoms with van der Waals surface area (Å²) in [6, 6.07) is -0.107. The fraction of sp³-hybridized carbons (Fsp3) is 0.833. The van der Waals surface area contributed by atoms with Crippen LogP contribution in [0.3, 0.4) is 0 Å². The molecule has 0 spiro atoms. The summed E-state index contributed by atoms with van der Waals surface area (Å²) < 4.78 is 5.38. The largest absolute Gasteiger partial charge is 0.481 e. The molecule has 2 aliphatic heterocycles. The van der Waals surface area contributed by atoms with Crippen LogP contribution in [0.1, 0.15) is 13.3 Å². The van der Waals surface area contributed by atoms with Crippen molar-refractivity contribution in [2.24, 2.45) is 5.92 Å². The van der Waals surface area contributed by atoms with Crippen LogP contribution in [0.5, 0.6) is 0 Å². The van der Waals surface area contributed by atoms with E-state index in [1.807, 2.05) is 6.92 Å². The molecule has 2 unspecified atom stereocenters. The van der Waals surface area contributed by atoms with Crippen LogP contribution in [0.4, 0.5) is 4.79 Å².